The van der Waals surface area contributed by atoms with Gasteiger partial charge in [-0.05, 0) is 51.0 Å². The minimum atomic E-state index is -1.11. The second-order valence-corrected chi connectivity index (χ2v) is 5.54. The molecule has 0 spiro atoms. The van der Waals surface area contributed by atoms with Crippen LogP contribution in [0.4, 0.5) is 0 Å². The lowest BCUT2D eigenvalue weighted by molar-refractivity contribution is -0.149. The van der Waals surface area contributed by atoms with E-state index in [1.807, 2.05) is 0 Å². The van der Waals surface area contributed by atoms with Crippen molar-refractivity contribution in [2.75, 3.05) is 6.54 Å². The summed E-state index contributed by atoms with van der Waals surface area (Å²) >= 11 is 0. The van der Waals surface area contributed by atoms with E-state index in [9.17, 15) is 14.7 Å². The van der Waals surface area contributed by atoms with Crippen LogP contribution in [-0.4, -0.2) is 29.1 Å². The van der Waals surface area contributed by atoms with Crippen molar-refractivity contribution in [2.45, 2.75) is 57.9 Å². The topological polar surface area (TPSA) is 92.4 Å². The van der Waals surface area contributed by atoms with E-state index in [4.69, 9.17) is 5.73 Å². The number of carboxylic acid groups (broad SMARTS) is 1. The molecular weight excluding hydrogens is 244 g/mol. The second-order valence-electron chi connectivity index (χ2n) is 5.54. The van der Waals surface area contributed by atoms with Crippen molar-refractivity contribution in [3.8, 4) is 0 Å². The summed E-state index contributed by atoms with van der Waals surface area (Å²) in [5.74, 6) is -0.590. The van der Waals surface area contributed by atoms with Gasteiger partial charge in [0.15, 0.2) is 0 Å². The summed E-state index contributed by atoms with van der Waals surface area (Å²) in [6.45, 7) is 4.27. The second kappa shape index (κ2) is 6.89. The summed E-state index contributed by atoms with van der Waals surface area (Å²) in [4.78, 5) is 23.6. The molecule has 1 amide bonds. The fourth-order valence-corrected chi connectivity index (χ4v) is 2.78. The zero-order chi connectivity index (χ0) is 14.5. The number of aliphatic carboxylic acids is 1. The van der Waals surface area contributed by atoms with Crippen LogP contribution in [0.25, 0.3) is 0 Å². The number of amides is 1. The molecule has 0 aromatic heterocycles. The van der Waals surface area contributed by atoms with Crippen LogP contribution in [0.5, 0.6) is 0 Å². The van der Waals surface area contributed by atoms with E-state index in [1.165, 1.54) is 0 Å². The van der Waals surface area contributed by atoms with Crippen molar-refractivity contribution in [1.29, 1.82) is 0 Å². The number of nitrogens with one attached hydrogen (secondary N) is 1. The van der Waals surface area contributed by atoms with Crippen LogP contribution in [0.2, 0.25) is 0 Å². The molecule has 1 aliphatic rings. The third kappa shape index (κ3) is 3.69. The molecule has 19 heavy (non-hydrogen) atoms. The number of hydrogen-bond donors (Lipinski definition) is 3. The van der Waals surface area contributed by atoms with Gasteiger partial charge in [0.05, 0.1) is 0 Å². The lowest BCUT2D eigenvalue weighted by Crippen LogP contribution is -2.55. The van der Waals surface area contributed by atoms with Gasteiger partial charge >= 0.3 is 5.97 Å². The molecule has 0 aliphatic heterocycles. The number of rotatable bonds is 6. The van der Waals surface area contributed by atoms with Gasteiger partial charge in [-0.1, -0.05) is 13.8 Å². The molecule has 0 heterocycles. The smallest absolute Gasteiger partial charge is 0.329 e. The molecule has 5 nitrogen and oxygen atoms in total. The molecule has 0 bridgehead atoms. The van der Waals surface area contributed by atoms with E-state index < -0.39 is 11.5 Å². The maximum Gasteiger partial charge on any atom is 0.329 e. The maximum atomic E-state index is 12.2. The molecule has 1 aliphatic carbocycles. The highest BCUT2D eigenvalue weighted by Gasteiger charge is 2.38. The molecule has 5 heteroatoms. The molecule has 110 valence electrons. The standard InChI is InChI=1S/C14H26N2O3/c1-3-14(4-2,13(18)19)16-12(17)11-7-5-10(9-15)6-8-11/h10-11H,3-9,15H2,1-2H3,(H,16,17)(H,18,19). The molecule has 0 aromatic rings. The van der Waals surface area contributed by atoms with Crippen LogP contribution in [0.3, 0.4) is 0 Å². The van der Waals surface area contributed by atoms with Crippen LogP contribution < -0.4 is 11.1 Å². The Balaban J connectivity index is 2.61. The Labute approximate surface area is 114 Å². The summed E-state index contributed by atoms with van der Waals surface area (Å²) in [5, 5.41) is 12.1. The number of nitrogens with two attached hydrogens (primary N) is 1. The Morgan fingerprint density at radius 3 is 2.11 bits per heavy atom. The van der Waals surface area contributed by atoms with Crippen LogP contribution in [0, 0.1) is 11.8 Å². The lowest BCUT2D eigenvalue weighted by atomic mass is 9.81. The summed E-state index contributed by atoms with van der Waals surface area (Å²) in [5.41, 5.74) is 4.52. The molecule has 0 saturated heterocycles. The quantitative estimate of drug-likeness (QED) is 0.682. The van der Waals surface area contributed by atoms with E-state index in [-0.39, 0.29) is 11.8 Å². The van der Waals surface area contributed by atoms with Gasteiger partial charge in [-0.25, -0.2) is 4.79 Å². The van der Waals surface area contributed by atoms with Crippen molar-refractivity contribution in [1.82, 2.24) is 5.32 Å². The highest BCUT2D eigenvalue weighted by molar-refractivity contribution is 5.88. The zero-order valence-corrected chi connectivity index (χ0v) is 11.9. The first-order valence-corrected chi connectivity index (χ1v) is 7.24. The molecule has 0 aromatic carbocycles. The molecule has 1 saturated carbocycles. The van der Waals surface area contributed by atoms with Crippen LogP contribution in [0.1, 0.15) is 52.4 Å². The number of carbonyl (C=O) groups excluding carboxylic acids is 1. The van der Waals surface area contributed by atoms with Crippen molar-refractivity contribution in [3.05, 3.63) is 0 Å². The highest BCUT2D eigenvalue weighted by atomic mass is 16.4. The minimum Gasteiger partial charge on any atom is -0.480 e. The molecule has 0 radical (unpaired) electrons. The summed E-state index contributed by atoms with van der Waals surface area (Å²) in [7, 11) is 0. The average molecular weight is 270 g/mol. The van der Waals surface area contributed by atoms with Gasteiger partial charge in [-0.15, -0.1) is 0 Å². The summed E-state index contributed by atoms with van der Waals surface area (Å²) < 4.78 is 0. The van der Waals surface area contributed by atoms with Crippen molar-refractivity contribution >= 4 is 11.9 Å². The van der Waals surface area contributed by atoms with Crippen LogP contribution >= 0.6 is 0 Å². The first-order valence-electron chi connectivity index (χ1n) is 7.24. The van der Waals surface area contributed by atoms with Crippen LogP contribution in [-0.2, 0) is 9.59 Å². The predicted octanol–water partition coefficient (Wildman–Crippen LogP) is 1.51. The van der Waals surface area contributed by atoms with Gasteiger partial charge in [-0.2, -0.15) is 0 Å². The van der Waals surface area contributed by atoms with Crippen molar-refractivity contribution in [2.24, 2.45) is 17.6 Å². The Morgan fingerprint density at radius 1 is 1.21 bits per heavy atom. The minimum absolute atomic E-state index is 0.0559. The molecule has 0 unspecified atom stereocenters. The summed E-state index contributed by atoms with van der Waals surface area (Å²) in [6.07, 6.45) is 4.37. The van der Waals surface area contributed by atoms with E-state index >= 15 is 0 Å². The summed E-state index contributed by atoms with van der Waals surface area (Å²) in [6, 6.07) is 0. The first-order chi connectivity index (χ1) is 8.99. The fraction of sp³-hybridized carbons (Fsp3) is 0.857. The van der Waals surface area contributed by atoms with Crippen LogP contribution in [0.15, 0.2) is 0 Å². The highest BCUT2D eigenvalue weighted by Crippen LogP contribution is 2.29. The van der Waals surface area contributed by atoms with Gasteiger partial charge in [0, 0.05) is 5.92 Å². The molecule has 4 N–H and O–H groups in total. The van der Waals surface area contributed by atoms with Gasteiger partial charge in [0.25, 0.3) is 0 Å². The normalized spacial score (nSPS) is 23.9. The van der Waals surface area contributed by atoms with Gasteiger partial charge in [-0.3, -0.25) is 4.79 Å². The fourth-order valence-electron chi connectivity index (χ4n) is 2.78. The van der Waals surface area contributed by atoms with Crippen molar-refractivity contribution in [3.63, 3.8) is 0 Å². The SMILES string of the molecule is CCC(CC)(NC(=O)C1CCC(CN)CC1)C(=O)O. The van der Waals surface area contributed by atoms with E-state index in [2.05, 4.69) is 5.32 Å². The molecule has 1 fully saturated rings. The largest absolute Gasteiger partial charge is 0.480 e. The Bertz CT molecular complexity index is 319. The Hall–Kier alpha value is -1.10. The Morgan fingerprint density at radius 2 is 1.74 bits per heavy atom. The van der Waals surface area contributed by atoms with Crippen molar-refractivity contribution < 1.29 is 14.7 Å². The molecular formula is C14H26N2O3. The number of carbonyl (C=O) groups is 2. The van der Waals surface area contributed by atoms with Gasteiger partial charge < -0.3 is 16.2 Å². The van der Waals surface area contributed by atoms with E-state index in [0.29, 0.717) is 25.3 Å². The van der Waals surface area contributed by atoms with E-state index in [1.54, 1.807) is 13.8 Å². The average Bonchev–Trinajstić information content (AvgIpc) is 2.44. The molecule has 1 rings (SSSR count). The number of carboxylic acids is 1. The monoisotopic (exact) mass is 270 g/mol. The third-order valence-corrected chi connectivity index (χ3v) is 4.53. The number of hydrogen-bond acceptors (Lipinski definition) is 3. The Kier molecular flexibility index (Phi) is 5.79. The zero-order valence-electron chi connectivity index (χ0n) is 11.9. The lowest BCUT2D eigenvalue weighted by Gasteiger charge is -2.32. The molecule has 0 atom stereocenters. The first kappa shape index (κ1) is 16.0. The maximum absolute atomic E-state index is 12.2. The van der Waals surface area contributed by atoms with Gasteiger partial charge in [0.2, 0.25) is 5.91 Å². The van der Waals surface area contributed by atoms with Gasteiger partial charge in [0.1, 0.15) is 5.54 Å². The predicted molar refractivity (Wildman–Crippen MR) is 73.6 cm³/mol. The van der Waals surface area contributed by atoms with E-state index in [0.717, 1.165) is 25.7 Å². The third-order valence-electron chi connectivity index (χ3n) is 4.53.